The summed E-state index contributed by atoms with van der Waals surface area (Å²) >= 11 is 5.41. The molecule has 3 nitrogen and oxygen atoms in total. The predicted molar refractivity (Wildman–Crippen MR) is 74.4 cm³/mol. The Bertz CT molecular complexity index is 425. The second-order valence-corrected chi connectivity index (χ2v) is 6.36. The number of nitrogens with one attached hydrogen (secondary N) is 1. The molecule has 1 unspecified atom stereocenters. The summed E-state index contributed by atoms with van der Waals surface area (Å²) in [5, 5.41) is 3.02. The molecule has 0 aliphatic carbocycles. The summed E-state index contributed by atoms with van der Waals surface area (Å²) in [6.45, 7) is 0. The minimum Gasteiger partial charge on any atom is -0.381 e. The average Bonchev–Trinajstić information content (AvgIpc) is 2.39. The first-order valence-corrected chi connectivity index (χ1v) is 7.45. The lowest BCUT2D eigenvalue weighted by Crippen LogP contribution is -2.48. The Balaban J connectivity index is 2.50. The minimum absolute atomic E-state index is 0.531. The zero-order valence-corrected chi connectivity index (χ0v) is 11.4. The van der Waals surface area contributed by atoms with E-state index in [-0.39, 0.29) is 0 Å². The summed E-state index contributed by atoms with van der Waals surface area (Å²) in [6.07, 6.45) is 6.42. The molecule has 0 bridgehead atoms. The van der Waals surface area contributed by atoms with Crippen LogP contribution in [0.2, 0.25) is 0 Å². The lowest BCUT2D eigenvalue weighted by molar-refractivity contribution is 0.573. The van der Waals surface area contributed by atoms with Crippen LogP contribution in [-0.2, 0) is 15.5 Å². The fourth-order valence-electron chi connectivity index (χ4n) is 2.32. The van der Waals surface area contributed by atoms with E-state index in [0.29, 0.717) is 4.99 Å². The van der Waals surface area contributed by atoms with Crippen molar-refractivity contribution in [1.82, 2.24) is 10.3 Å². The molecule has 2 heterocycles. The molecule has 1 aromatic heterocycles. The van der Waals surface area contributed by atoms with E-state index in [0.717, 1.165) is 30.6 Å². The molecule has 2 atom stereocenters. The number of hydrogen-bond donors (Lipinski definition) is 1. The zero-order chi connectivity index (χ0) is 12.3. The van der Waals surface area contributed by atoms with Crippen LogP contribution in [0, 0.1) is 0 Å². The molecule has 1 aliphatic rings. The standard InChI is InChI=1S/C12H16N2OS2/c1-13-11(16)12(6-2-3-8-17(12)15)10-5-4-7-14-9-10/h4-5,7,9H,2-3,6,8H2,1H3,(H,13,16)/t12?,17-/m1/s1. The van der Waals surface area contributed by atoms with Gasteiger partial charge >= 0.3 is 0 Å². The van der Waals surface area contributed by atoms with Crippen molar-refractivity contribution < 1.29 is 4.21 Å². The van der Waals surface area contributed by atoms with E-state index in [9.17, 15) is 4.21 Å². The fourth-order valence-corrected chi connectivity index (χ4v) is 4.70. The topological polar surface area (TPSA) is 42.0 Å². The summed E-state index contributed by atoms with van der Waals surface area (Å²) in [5.41, 5.74) is 0.970. The molecule has 1 aliphatic heterocycles. The normalized spacial score (nSPS) is 28.6. The van der Waals surface area contributed by atoms with Crippen LogP contribution in [-0.4, -0.2) is 27.0 Å². The molecule has 0 saturated carbocycles. The number of likely N-dealkylation sites (N-methyl/N-ethyl adjacent to an activating group) is 1. The first-order valence-electron chi connectivity index (χ1n) is 5.73. The monoisotopic (exact) mass is 268 g/mol. The zero-order valence-electron chi connectivity index (χ0n) is 9.81. The van der Waals surface area contributed by atoms with E-state index in [1.165, 1.54) is 0 Å². The van der Waals surface area contributed by atoms with Crippen LogP contribution in [0.4, 0.5) is 0 Å². The van der Waals surface area contributed by atoms with E-state index in [1.54, 1.807) is 19.4 Å². The van der Waals surface area contributed by atoms with Crippen LogP contribution in [0.25, 0.3) is 0 Å². The van der Waals surface area contributed by atoms with E-state index in [4.69, 9.17) is 12.2 Å². The van der Waals surface area contributed by atoms with E-state index >= 15 is 0 Å². The third-order valence-electron chi connectivity index (χ3n) is 3.22. The van der Waals surface area contributed by atoms with Crippen molar-refractivity contribution in [1.29, 1.82) is 0 Å². The van der Waals surface area contributed by atoms with Crippen LogP contribution in [0.5, 0.6) is 0 Å². The summed E-state index contributed by atoms with van der Waals surface area (Å²) in [5.74, 6) is 0.719. The first kappa shape index (κ1) is 12.6. The maximum absolute atomic E-state index is 12.5. The van der Waals surface area contributed by atoms with Crippen LogP contribution in [0.15, 0.2) is 24.5 Å². The van der Waals surface area contributed by atoms with Gasteiger partial charge in [0.1, 0.15) is 4.75 Å². The summed E-state index contributed by atoms with van der Waals surface area (Å²) in [7, 11) is 0.837. The highest BCUT2D eigenvalue weighted by Crippen LogP contribution is 2.38. The molecule has 92 valence electrons. The molecular weight excluding hydrogens is 252 g/mol. The quantitative estimate of drug-likeness (QED) is 0.830. The second-order valence-electron chi connectivity index (χ2n) is 4.15. The molecule has 2 rings (SSSR count). The molecule has 17 heavy (non-hydrogen) atoms. The van der Waals surface area contributed by atoms with Gasteiger partial charge in [-0.25, -0.2) is 0 Å². The van der Waals surface area contributed by atoms with Crippen LogP contribution in [0.3, 0.4) is 0 Å². The highest BCUT2D eigenvalue weighted by Gasteiger charge is 2.44. The maximum atomic E-state index is 12.5. The van der Waals surface area contributed by atoms with Crippen molar-refractivity contribution in [3.63, 3.8) is 0 Å². The molecule has 1 saturated heterocycles. The van der Waals surface area contributed by atoms with Crippen molar-refractivity contribution in [2.24, 2.45) is 0 Å². The molecule has 1 aromatic rings. The van der Waals surface area contributed by atoms with Crippen molar-refractivity contribution >= 4 is 28.0 Å². The Morgan fingerprint density at radius 2 is 2.41 bits per heavy atom. The fraction of sp³-hybridized carbons (Fsp3) is 0.500. The number of rotatable bonds is 2. The van der Waals surface area contributed by atoms with Crippen LogP contribution in [0.1, 0.15) is 24.8 Å². The Kier molecular flexibility index (Phi) is 3.89. The Morgan fingerprint density at radius 1 is 1.59 bits per heavy atom. The average molecular weight is 268 g/mol. The van der Waals surface area contributed by atoms with Gasteiger partial charge in [0.2, 0.25) is 0 Å². The summed E-state index contributed by atoms with van der Waals surface area (Å²) in [6, 6.07) is 3.85. The van der Waals surface area contributed by atoms with E-state index in [2.05, 4.69) is 10.3 Å². The highest BCUT2D eigenvalue weighted by molar-refractivity contribution is 7.90. The van der Waals surface area contributed by atoms with Crippen LogP contribution < -0.4 is 5.32 Å². The maximum Gasteiger partial charge on any atom is 0.122 e. The Labute approximate surface area is 109 Å². The van der Waals surface area contributed by atoms with Gasteiger partial charge in [0, 0.05) is 36.0 Å². The molecular formula is C12H16N2OS2. The van der Waals surface area contributed by atoms with Crippen molar-refractivity contribution in [2.45, 2.75) is 24.0 Å². The van der Waals surface area contributed by atoms with Crippen molar-refractivity contribution in [3.8, 4) is 0 Å². The van der Waals surface area contributed by atoms with Gasteiger partial charge in [0.15, 0.2) is 0 Å². The van der Waals surface area contributed by atoms with Gasteiger partial charge in [0.05, 0.1) is 4.99 Å². The van der Waals surface area contributed by atoms with Gasteiger partial charge in [-0.2, -0.15) is 0 Å². The van der Waals surface area contributed by atoms with Crippen molar-refractivity contribution in [3.05, 3.63) is 30.1 Å². The lowest BCUT2D eigenvalue weighted by atomic mass is 9.93. The Morgan fingerprint density at radius 3 is 3.00 bits per heavy atom. The van der Waals surface area contributed by atoms with Gasteiger partial charge in [-0.3, -0.25) is 9.19 Å². The molecule has 0 spiro atoms. The highest BCUT2D eigenvalue weighted by atomic mass is 32.2. The number of nitrogens with zero attached hydrogens (tertiary/aromatic N) is 1. The minimum atomic E-state index is -0.961. The third kappa shape index (κ3) is 2.13. The molecule has 1 N–H and O–H groups in total. The van der Waals surface area contributed by atoms with Gasteiger partial charge in [-0.15, -0.1) is 0 Å². The summed E-state index contributed by atoms with van der Waals surface area (Å²) in [4.78, 5) is 4.80. The number of hydrogen-bond acceptors (Lipinski definition) is 3. The number of pyridine rings is 1. The third-order valence-corrected chi connectivity index (χ3v) is 5.98. The number of aromatic nitrogens is 1. The van der Waals surface area contributed by atoms with E-state index in [1.807, 2.05) is 12.1 Å². The predicted octanol–water partition coefficient (Wildman–Crippen LogP) is 1.76. The van der Waals surface area contributed by atoms with Gasteiger partial charge in [0.25, 0.3) is 0 Å². The molecule has 0 radical (unpaired) electrons. The van der Waals surface area contributed by atoms with Gasteiger partial charge < -0.3 is 5.32 Å². The Hall–Kier alpha value is -0.810. The lowest BCUT2D eigenvalue weighted by Gasteiger charge is -2.36. The smallest absolute Gasteiger partial charge is 0.122 e. The molecule has 5 heteroatoms. The number of thiocarbonyl (C=S) groups is 1. The van der Waals surface area contributed by atoms with E-state index < -0.39 is 15.5 Å². The first-order chi connectivity index (χ1) is 8.21. The summed E-state index contributed by atoms with van der Waals surface area (Å²) < 4.78 is 11.9. The SMILES string of the molecule is CNC(=S)C1(c2cccnc2)CCCC[S@]1=O. The van der Waals surface area contributed by atoms with Crippen LogP contribution >= 0.6 is 12.2 Å². The second kappa shape index (κ2) is 5.23. The van der Waals surface area contributed by atoms with Gasteiger partial charge in [-0.1, -0.05) is 24.7 Å². The molecule has 0 amide bonds. The molecule has 0 aromatic carbocycles. The largest absolute Gasteiger partial charge is 0.381 e. The van der Waals surface area contributed by atoms with Gasteiger partial charge in [-0.05, 0) is 24.5 Å². The van der Waals surface area contributed by atoms with Crippen molar-refractivity contribution in [2.75, 3.05) is 12.8 Å². The molecule has 1 fully saturated rings.